The van der Waals surface area contributed by atoms with Gasteiger partial charge in [-0.2, -0.15) is 13.2 Å². The first kappa shape index (κ1) is 23.6. The summed E-state index contributed by atoms with van der Waals surface area (Å²) >= 11 is 0. The third-order valence-corrected chi connectivity index (χ3v) is 4.44. The van der Waals surface area contributed by atoms with Crippen molar-refractivity contribution in [3.05, 3.63) is 89.9 Å². The summed E-state index contributed by atoms with van der Waals surface area (Å²) in [5.41, 5.74) is -0.300. The van der Waals surface area contributed by atoms with Crippen molar-refractivity contribution in [1.82, 2.24) is 5.32 Å². The van der Waals surface area contributed by atoms with Gasteiger partial charge in [-0.05, 0) is 35.9 Å². The van der Waals surface area contributed by atoms with Gasteiger partial charge in [-0.15, -0.1) is 0 Å². The van der Waals surface area contributed by atoms with Crippen LogP contribution in [0.3, 0.4) is 0 Å². The Morgan fingerprint density at radius 2 is 1.73 bits per heavy atom. The lowest BCUT2D eigenvalue weighted by molar-refractivity contribution is -0.149. The highest BCUT2D eigenvalue weighted by Gasteiger charge is 2.30. The molecule has 0 aliphatic rings. The number of halogens is 3. The van der Waals surface area contributed by atoms with Crippen molar-refractivity contribution in [3.63, 3.8) is 0 Å². The lowest BCUT2D eigenvalue weighted by atomic mass is 10.1. The Kier molecular flexibility index (Phi) is 7.50. The maximum atomic E-state index is 12.8. The minimum atomic E-state index is -4.57. The van der Waals surface area contributed by atoms with E-state index in [1.54, 1.807) is 30.3 Å². The van der Waals surface area contributed by atoms with Crippen LogP contribution in [0.25, 0.3) is 0 Å². The number of hydrogen-bond acceptors (Lipinski definition) is 5. The molecular weight excluding hydrogens is 441 g/mol. The monoisotopic (exact) mass is 460 g/mol. The molecule has 0 saturated carbocycles. The van der Waals surface area contributed by atoms with Gasteiger partial charge in [0.2, 0.25) is 0 Å². The molecule has 1 unspecified atom stereocenters. The van der Waals surface area contributed by atoms with Crippen molar-refractivity contribution in [2.75, 3.05) is 11.9 Å². The highest BCUT2D eigenvalue weighted by Crippen LogP contribution is 2.30. The van der Waals surface area contributed by atoms with Gasteiger partial charge in [0.1, 0.15) is 6.04 Å². The molecule has 0 aliphatic heterocycles. The average molecular weight is 460 g/mol. The van der Waals surface area contributed by atoms with Crippen LogP contribution in [0, 0.1) is 0 Å². The minimum absolute atomic E-state index is 0.0110. The Bertz CT molecular complexity index is 1100. The number of nitrogens with one attached hydrogen (secondary N) is 2. The molecule has 0 bridgehead atoms. The number of rotatable bonds is 8. The second-order valence-electron chi connectivity index (χ2n) is 6.93. The van der Waals surface area contributed by atoms with Crippen LogP contribution in [0.15, 0.2) is 77.4 Å². The normalized spacial score (nSPS) is 12.0. The van der Waals surface area contributed by atoms with Crippen molar-refractivity contribution >= 4 is 23.5 Å². The number of alkyl halides is 3. The van der Waals surface area contributed by atoms with Crippen molar-refractivity contribution in [2.45, 2.75) is 18.6 Å². The van der Waals surface area contributed by atoms with E-state index in [9.17, 15) is 27.6 Å². The summed E-state index contributed by atoms with van der Waals surface area (Å²) < 4.78 is 48.5. The van der Waals surface area contributed by atoms with Gasteiger partial charge in [-0.3, -0.25) is 9.59 Å². The number of carbonyl (C=O) groups is 3. The molecule has 1 heterocycles. The van der Waals surface area contributed by atoms with Crippen molar-refractivity contribution in [1.29, 1.82) is 0 Å². The third kappa shape index (κ3) is 6.96. The van der Waals surface area contributed by atoms with E-state index in [0.717, 1.165) is 23.8 Å². The maximum absolute atomic E-state index is 12.8. The van der Waals surface area contributed by atoms with E-state index in [-0.39, 0.29) is 17.9 Å². The van der Waals surface area contributed by atoms with Crippen LogP contribution in [-0.4, -0.2) is 30.4 Å². The minimum Gasteiger partial charge on any atom is -0.459 e. The molecular formula is C23H19F3N2O5. The molecule has 0 saturated heterocycles. The first-order valence-electron chi connectivity index (χ1n) is 9.74. The van der Waals surface area contributed by atoms with E-state index in [4.69, 9.17) is 9.15 Å². The quantitative estimate of drug-likeness (QED) is 0.498. The number of benzene rings is 2. The second-order valence-corrected chi connectivity index (χ2v) is 6.93. The van der Waals surface area contributed by atoms with Gasteiger partial charge in [-0.1, -0.05) is 36.4 Å². The van der Waals surface area contributed by atoms with E-state index in [1.165, 1.54) is 24.5 Å². The van der Waals surface area contributed by atoms with Crippen LogP contribution in [0.4, 0.5) is 18.9 Å². The summed E-state index contributed by atoms with van der Waals surface area (Å²) in [6.45, 7) is -0.753. The zero-order valence-corrected chi connectivity index (χ0v) is 17.1. The van der Waals surface area contributed by atoms with Crippen molar-refractivity contribution < 1.29 is 36.7 Å². The molecule has 2 amide bonds. The van der Waals surface area contributed by atoms with E-state index in [0.29, 0.717) is 0 Å². The predicted molar refractivity (Wildman–Crippen MR) is 111 cm³/mol. The van der Waals surface area contributed by atoms with Crippen LogP contribution in [0.2, 0.25) is 0 Å². The Morgan fingerprint density at radius 1 is 0.970 bits per heavy atom. The number of anilines is 1. The Labute approximate surface area is 186 Å². The molecule has 0 radical (unpaired) electrons. The lowest BCUT2D eigenvalue weighted by Gasteiger charge is -2.17. The molecule has 3 aromatic rings. The second kappa shape index (κ2) is 10.5. The van der Waals surface area contributed by atoms with E-state index in [2.05, 4.69) is 10.6 Å². The molecule has 172 valence electrons. The average Bonchev–Trinajstić information content (AvgIpc) is 3.32. The number of furan rings is 1. The Morgan fingerprint density at radius 3 is 2.39 bits per heavy atom. The summed E-state index contributed by atoms with van der Waals surface area (Å²) in [4.78, 5) is 37.0. The highest BCUT2D eigenvalue weighted by atomic mass is 19.4. The summed E-state index contributed by atoms with van der Waals surface area (Å²) in [5.74, 6) is -2.38. The number of ether oxygens (including phenoxy) is 1. The molecule has 3 rings (SSSR count). The molecule has 2 N–H and O–H groups in total. The molecule has 1 atom stereocenters. The molecule has 1 aromatic heterocycles. The molecule has 10 heteroatoms. The van der Waals surface area contributed by atoms with Gasteiger partial charge in [-0.25, -0.2) is 4.79 Å². The highest BCUT2D eigenvalue weighted by molar-refractivity contribution is 5.96. The van der Waals surface area contributed by atoms with Crippen LogP contribution < -0.4 is 10.6 Å². The van der Waals surface area contributed by atoms with Crippen molar-refractivity contribution in [2.24, 2.45) is 0 Å². The van der Waals surface area contributed by atoms with Gasteiger partial charge >= 0.3 is 12.1 Å². The zero-order chi connectivity index (χ0) is 23.8. The topological polar surface area (TPSA) is 97.6 Å². The van der Waals surface area contributed by atoms with Crippen LogP contribution in [0.5, 0.6) is 0 Å². The van der Waals surface area contributed by atoms with Gasteiger partial charge in [0, 0.05) is 12.1 Å². The largest absolute Gasteiger partial charge is 0.459 e. The van der Waals surface area contributed by atoms with E-state index < -0.39 is 42.2 Å². The van der Waals surface area contributed by atoms with Crippen molar-refractivity contribution in [3.8, 4) is 0 Å². The molecule has 0 spiro atoms. The first-order valence-corrected chi connectivity index (χ1v) is 9.74. The van der Waals surface area contributed by atoms with Crippen LogP contribution in [0.1, 0.15) is 21.7 Å². The number of hydrogen-bond donors (Lipinski definition) is 2. The fourth-order valence-electron chi connectivity index (χ4n) is 2.89. The van der Waals surface area contributed by atoms with Gasteiger partial charge < -0.3 is 19.8 Å². The Balaban J connectivity index is 1.62. The summed E-state index contributed by atoms with van der Waals surface area (Å²) in [6, 6.07) is 14.7. The molecule has 33 heavy (non-hydrogen) atoms. The molecule has 0 aliphatic carbocycles. The van der Waals surface area contributed by atoms with Crippen LogP contribution in [-0.2, 0) is 26.9 Å². The summed E-state index contributed by atoms with van der Waals surface area (Å²) in [7, 11) is 0. The van der Waals surface area contributed by atoms with Gasteiger partial charge in [0.15, 0.2) is 12.4 Å². The summed E-state index contributed by atoms with van der Waals surface area (Å²) in [5, 5.41) is 4.74. The predicted octanol–water partition coefficient (Wildman–Crippen LogP) is 3.82. The fourth-order valence-corrected chi connectivity index (χ4v) is 2.89. The van der Waals surface area contributed by atoms with Crippen LogP contribution >= 0.6 is 0 Å². The van der Waals surface area contributed by atoms with E-state index >= 15 is 0 Å². The molecule has 2 aromatic carbocycles. The van der Waals surface area contributed by atoms with Gasteiger partial charge in [0.05, 0.1) is 11.8 Å². The van der Waals surface area contributed by atoms with E-state index in [1.807, 2.05) is 0 Å². The maximum Gasteiger partial charge on any atom is 0.416 e. The first-order chi connectivity index (χ1) is 15.7. The number of carbonyl (C=O) groups excluding carboxylic acids is 3. The fraction of sp³-hybridized carbons (Fsp3) is 0.174. The standard InChI is InChI=1S/C23H19F3N2O5/c24-23(25,26)16-8-4-9-17(13-16)27-20(29)14-33-22(31)18(12-15-6-2-1-3-7-15)28-21(30)19-10-5-11-32-19/h1-11,13,18H,12,14H2,(H,27,29)(H,28,30). The van der Waals surface area contributed by atoms with Gasteiger partial charge in [0.25, 0.3) is 11.8 Å². The third-order valence-electron chi connectivity index (χ3n) is 4.44. The SMILES string of the molecule is O=C(COC(=O)C(Cc1ccccc1)NC(=O)c1ccco1)Nc1cccc(C(F)(F)F)c1. The molecule has 0 fully saturated rings. The number of esters is 1. The summed E-state index contributed by atoms with van der Waals surface area (Å²) in [6.07, 6.45) is -3.18. The zero-order valence-electron chi connectivity index (χ0n) is 17.1. The number of amides is 2. The Hall–Kier alpha value is -4.08. The lowest BCUT2D eigenvalue weighted by Crippen LogP contribution is -2.44. The molecule has 7 nitrogen and oxygen atoms in total. The smallest absolute Gasteiger partial charge is 0.416 e.